The number of hydrogen-bond acceptors (Lipinski definition) is 5. The van der Waals surface area contributed by atoms with Crippen molar-refractivity contribution < 1.29 is 14.6 Å². The highest BCUT2D eigenvalue weighted by Crippen LogP contribution is 2.23. The highest BCUT2D eigenvalue weighted by Gasteiger charge is 2.26. The van der Waals surface area contributed by atoms with Crippen molar-refractivity contribution in [1.82, 2.24) is 9.80 Å². The van der Waals surface area contributed by atoms with Crippen molar-refractivity contribution in [3.63, 3.8) is 0 Å². The Hall–Kier alpha value is -1.92. The predicted molar refractivity (Wildman–Crippen MR) is 111 cm³/mol. The van der Waals surface area contributed by atoms with Crippen LogP contribution in [0.5, 0.6) is 5.75 Å². The Labute approximate surface area is 168 Å². The van der Waals surface area contributed by atoms with E-state index >= 15 is 0 Å². The summed E-state index contributed by atoms with van der Waals surface area (Å²) < 4.78 is 10.7. The molecule has 1 atom stereocenters. The van der Waals surface area contributed by atoms with Crippen molar-refractivity contribution in [1.29, 1.82) is 0 Å². The molecule has 152 valence electrons. The van der Waals surface area contributed by atoms with Gasteiger partial charge in [0, 0.05) is 58.0 Å². The molecule has 0 bridgehead atoms. The lowest BCUT2D eigenvalue weighted by atomic mass is 10.0. The first-order valence-electron chi connectivity index (χ1n) is 9.99. The number of benzene rings is 2. The molecule has 1 N–H and O–H groups in total. The van der Waals surface area contributed by atoms with Crippen LogP contribution in [0.25, 0.3) is 0 Å². The lowest BCUT2D eigenvalue weighted by Gasteiger charge is -2.41. The van der Waals surface area contributed by atoms with E-state index in [9.17, 15) is 5.11 Å². The molecule has 1 saturated heterocycles. The molecule has 1 aliphatic heterocycles. The van der Waals surface area contributed by atoms with Crippen molar-refractivity contribution in [2.45, 2.75) is 32.2 Å². The Morgan fingerprint density at radius 2 is 1.82 bits per heavy atom. The molecule has 5 heteroatoms. The third-order valence-electron chi connectivity index (χ3n) is 5.43. The Morgan fingerprint density at radius 1 is 1.00 bits per heavy atom. The van der Waals surface area contributed by atoms with E-state index in [0.29, 0.717) is 12.6 Å². The number of aliphatic hydroxyl groups is 1. The van der Waals surface area contributed by atoms with Crippen LogP contribution in [0.4, 0.5) is 0 Å². The third kappa shape index (κ3) is 5.55. The van der Waals surface area contributed by atoms with Crippen LogP contribution in [0.2, 0.25) is 0 Å². The van der Waals surface area contributed by atoms with Crippen molar-refractivity contribution in [3.8, 4) is 5.75 Å². The van der Waals surface area contributed by atoms with Gasteiger partial charge in [-0.25, -0.2) is 0 Å². The maximum atomic E-state index is 9.56. The van der Waals surface area contributed by atoms with E-state index < -0.39 is 0 Å². The molecule has 5 nitrogen and oxygen atoms in total. The summed E-state index contributed by atoms with van der Waals surface area (Å²) in [5.41, 5.74) is 3.68. The fourth-order valence-corrected chi connectivity index (χ4v) is 4.01. The van der Waals surface area contributed by atoms with Gasteiger partial charge in [0.15, 0.2) is 0 Å². The van der Waals surface area contributed by atoms with E-state index in [1.807, 2.05) is 6.07 Å². The Bertz CT molecular complexity index is 723. The van der Waals surface area contributed by atoms with Gasteiger partial charge < -0.3 is 14.6 Å². The van der Waals surface area contributed by atoms with Gasteiger partial charge in [-0.3, -0.25) is 9.80 Å². The average molecular weight is 385 g/mol. The summed E-state index contributed by atoms with van der Waals surface area (Å²) >= 11 is 0. The van der Waals surface area contributed by atoms with Crippen LogP contribution < -0.4 is 4.74 Å². The average Bonchev–Trinajstić information content (AvgIpc) is 2.71. The number of hydrogen-bond donors (Lipinski definition) is 1. The van der Waals surface area contributed by atoms with Crippen molar-refractivity contribution in [3.05, 3.63) is 65.2 Å². The molecule has 0 spiro atoms. The van der Waals surface area contributed by atoms with Crippen molar-refractivity contribution in [2.75, 3.05) is 40.5 Å². The number of ether oxygens (including phenoxy) is 2. The van der Waals surface area contributed by atoms with Gasteiger partial charge in [-0.15, -0.1) is 0 Å². The van der Waals surface area contributed by atoms with E-state index in [0.717, 1.165) is 50.5 Å². The second kappa shape index (κ2) is 10.6. The number of aliphatic hydroxyl groups excluding tert-OH is 1. The van der Waals surface area contributed by atoms with Gasteiger partial charge in [-0.1, -0.05) is 36.4 Å². The summed E-state index contributed by atoms with van der Waals surface area (Å²) in [5.74, 6) is 0.872. The molecular formula is C23H32N2O3. The van der Waals surface area contributed by atoms with Crippen LogP contribution in [0.1, 0.15) is 23.1 Å². The monoisotopic (exact) mass is 384 g/mol. The molecule has 1 fully saturated rings. The molecule has 1 heterocycles. The van der Waals surface area contributed by atoms with Crippen LogP contribution in [-0.4, -0.2) is 61.4 Å². The first-order valence-corrected chi connectivity index (χ1v) is 9.99. The quantitative estimate of drug-likeness (QED) is 0.720. The molecule has 0 radical (unpaired) electrons. The SMILES string of the molecule is COCc1cc(CN2CCN(Cc3ccccc3)[C@@H](CCO)C2)ccc1OC. The summed E-state index contributed by atoms with van der Waals surface area (Å²) in [6, 6.07) is 17.3. The molecule has 0 aliphatic carbocycles. The highest BCUT2D eigenvalue weighted by atomic mass is 16.5. The summed E-state index contributed by atoms with van der Waals surface area (Å²) in [4.78, 5) is 4.99. The smallest absolute Gasteiger partial charge is 0.124 e. The molecule has 0 aromatic heterocycles. The van der Waals surface area contributed by atoms with Gasteiger partial charge in [0.25, 0.3) is 0 Å². The van der Waals surface area contributed by atoms with Gasteiger partial charge >= 0.3 is 0 Å². The van der Waals surface area contributed by atoms with Gasteiger partial charge in [0.1, 0.15) is 5.75 Å². The zero-order valence-corrected chi connectivity index (χ0v) is 17.0. The standard InChI is InChI=1S/C23H32N2O3/c1-27-18-21-14-20(8-9-23(21)28-2)15-24-11-12-25(22(17-24)10-13-26)16-19-6-4-3-5-7-19/h3-9,14,22,26H,10-13,15-18H2,1-2H3/t22-/m0/s1. The molecule has 0 unspecified atom stereocenters. The fourth-order valence-electron chi connectivity index (χ4n) is 4.01. The van der Waals surface area contributed by atoms with E-state index in [4.69, 9.17) is 9.47 Å². The molecule has 2 aromatic rings. The minimum absolute atomic E-state index is 0.227. The van der Waals surface area contributed by atoms with E-state index in [1.54, 1.807) is 14.2 Å². The maximum Gasteiger partial charge on any atom is 0.124 e. The summed E-state index contributed by atoms with van der Waals surface area (Å²) in [7, 11) is 3.40. The van der Waals surface area contributed by atoms with Gasteiger partial charge in [-0.2, -0.15) is 0 Å². The second-order valence-electron chi connectivity index (χ2n) is 7.44. The van der Waals surface area contributed by atoms with Crippen LogP contribution in [0, 0.1) is 0 Å². The van der Waals surface area contributed by atoms with Crippen LogP contribution in [-0.2, 0) is 24.4 Å². The minimum atomic E-state index is 0.227. The van der Waals surface area contributed by atoms with Crippen molar-refractivity contribution in [2.24, 2.45) is 0 Å². The molecular weight excluding hydrogens is 352 g/mol. The molecule has 1 aliphatic rings. The molecule has 2 aromatic carbocycles. The molecule has 0 saturated carbocycles. The van der Waals surface area contributed by atoms with Gasteiger partial charge in [0.2, 0.25) is 0 Å². The van der Waals surface area contributed by atoms with Gasteiger partial charge in [-0.05, 0) is 29.7 Å². The third-order valence-corrected chi connectivity index (χ3v) is 5.43. The maximum absolute atomic E-state index is 9.56. The van der Waals surface area contributed by atoms with E-state index in [-0.39, 0.29) is 6.61 Å². The Balaban J connectivity index is 1.64. The summed E-state index contributed by atoms with van der Waals surface area (Å²) in [5, 5.41) is 9.56. The topological polar surface area (TPSA) is 45.2 Å². The molecule has 28 heavy (non-hydrogen) atoms. The lowest BCUT2D eigenvalue weighted by molar-refractivity contribution is 0.0499. The van der Waals surface area contributed by atoms with Crippen LogP contribution in [0.15, 0.2) is 48.5 Å². The van der Waals surface area contributed by atoms with Crippen LogP contribution >= 0.6 is 0 Å². The zero-order valence-electron chi connectivity index (χ0n) is 17.0. The normalized spacial score (nSPS) is 18.3. The number of piperazine rings is 1. The Morgan fingerprint density at radius 3 is 2.54 bits per heavy atom. The summed E-state index contributed by atoms with van der Waals surface area (Å²) in [6.07, 6.45) is 0.806. The molecule has 0 amide bonds. The zero-order chi connectivity index (χ0) is 19.8. The predicted octanol–water partition coefficient (Wildman–Crippen LogP) is 2.91. The second-order valence-corrected chi connectivity index (χ2v) is 7.44. The highest BCUT2D eigenvalue weighted by molar-refractivity contribution is 5.37. The first kappa shape index (κ1) is 20.8. The lowest BCUT2D eigenvalue weighted by Crippen LogP contribution is -2.52. The summed E-state index contributed by atoms with van der Waals surface area (Å²) in [6.45, 7) is 5.64. The number of nitrogens with zero attached hydrogens (tertiary/aromatic N) is 2. The van der Waals surface area contributed by atoms with Crippen LogP contribution in [0.3, 0.4) is 0 Å². The largest absolute Gasteiger partial charge is 0.496 e. The number of rotatable bonds is 9. The van der Waals surface area contributed by atoms with E-state index in [2.05, 4.69) is 52.3 Å². The molecule has 3 rings (SSSR count). The minimum Gasteiger partial charge on any atom is -0.496 e. The van der Waals surface area contributed by atoms with E-state index in [1.165, 1.54) is 11.1 Å². The number of methoxy groups -OCH3 is 2. The van der Waals surface area contributed by atoms with Gasteiger partial charge in [0.05, 0.1) is 13.7 Å². The van der Waals surface area contributed by atoms with Crippen molar-refractivity contribution >= 4 is 0 Å². The Kier molecular flexibility index (Phi) is 7.86. The first-order chi connectivity index (χ1) is 13.7. The fraction of sp³-hybridized carbons (Fsp3) is 0.478.